The molecule has 7 nitrogen and oxygen atoms in total. The van der Waals surface area contributed by atoms with Gasteiger partial charge in [-0.2, -0.15) is 0 Å². The number of amides is 1. The predicted molar refractivity (Wildman–Crippen MR) is 87.8 cm³/mol. The molecule has 1 aromatic carbocycles. The lowest BCUT2D eigenvalue weighted by Crippen LogP contribution is -2.20. The summed E-state index contributed by atoms with van der Waals surface area (Å²) >= 11 is 1.14. The Morgan fingerprint density at radius 1 is 1.31 bits per heavy atom. The minimum atomic E-state index is -4.83. The van der Waals surface area contributed by atoms with Gasteiger partial charge in [0.2, 0.25) is 11.1 Å². The van der Waals surface area contributed by atoms with Gasteiger partial charge in [-0.1, -0.05) is 36.7 Å². The molecule has 0 spiro atoms. The maximum atomic E-state index is 12.4. The van der Waals surface area contributed by atoms with E-state index in [2.05, 4.69) is 25.6 Å². The molecular formula is C15H16F3N5O2S. The highest BCUT2D eigenvalue weighted by Crippen LogP contribution is 2.32. The number of anilines is 1. The third kappa shape index (κ3) is 4.87. The third-order valence-electron chi connectivity index (χ3n) is 3.85. The van der Waals surface area contributed by atoms with Gasteiger partial charge in [0.05, 0.1) is 17.5 Å². The van der Waals surface area contributed by atoms with E-state index >= 15 is 0 Å². The fraction of sp³-hybridized carbons (Fsp3) is 0.467. The lowest BCUT2D eigenvalue weighted by atomic mass is 10.3. The first kappa shape index (κ1) is 18.5. The highest BCUT2D eigenvalue weighted by Gasteiger charge is 2.32. The number of para-hydroxylation sites is 2. The number of thioether (sulfide) groups is 1. The van der Waals surface area contributed by atoms with Crippen molar-refractivity contribution in [2.75, 3.05) is 11.1 Å². The first-order valence-corrected chi connectivity index (χ1v) is 8.96. The number of benzene rings is 1. The fourth-order valence-corrected chi connectivity index (χ4v) is 3.50. The average Bonchev–Trinajstić information content (AvgIpc) is 3.24. The van der Waals surface area contributed by atoms with E-state index in [0.717, 1.165) is 43.5 Å². The summed E-state index contributed by atoms with van der Waals surface area (Å²) in [4.78, 5) is 12.1. The van der Waals surface area contributed by atoms with Crippen LogP contribution in [0.1, 0.15) is 31.7 Å². The Morgan fingerprint density at radius 3 is 2.77 bits per heavy atom. The van der Waals surface area contributed by atoms with Crippen LogP contribution in [0.4, 0.5) is 18.9 Å². The molecular weight excluding hydrogens is 371 g/mol. The number of hydrogen-bond donors (Lipinski definition) is 1. The smallest absolute Gasteiger partial charge is 0.404 e. The van der Waals surface area contributed by atoms with Crippen LogP contribution in [0.25, 0.3) is 0 Å². The summed E-state index contributed by atoms with van der Waals surface area (Å²) in [5.74, 6) is -0.976. The van der Waals surface area contributed by atoms with Crippen LogP contribution < -0.4 is 10.1 Å². The largest absolute Gasteiger partial charge is 0.573 e. The Balaban J connectivity index is 1.60. The van der Waals surface area contributed by atoms with E-state index in [1.165, 1.54) is 18.2 Å². The van der Waals surface area contributed by atoms with Gasteiger partial charge in [-0.3, -0.25) is 4.79 Å². The topological polar surface area (TPSA) is 81.9 Å². The lowest BCUT2D eigenvalue weighted by molar-refractivity contribution is -0.274. The minimum absolute atomic E-state index is 0.0343. The Labute approximate surface area is 151 Å². The molecule has 1 heterocycles. The number of hydrogen-bond acceptors (Lipinski definition) is 6. The molecule has 0 atom stereocenters. The molecule has 1 aliphatic rings. The summed E-state index contributed by atoms with van der Waals surface area (Å²) in [6.07, 6.45) is -0.616. The predicted octanol–water partition coefficient (Wildman–Crippen LogP) is 3.42. The number of ether oxygens (including phenoxy) is 1. The van der Waals surface area contributed by atoms with Crippen molar-refractivity contribution in [2.24, 2.45) is 0 Å². The van der Waals surface area contributed by atoms with Gasteiger partial charge < -0.3 is 10.1 Å². The van der Waals surface area contributed by atoms with E-state index in [4.69, 9.17) is 0 Å². The summed E-state index contributed by atoms with van der Waals surface area (Å²) in [7, 11) is 0. The van der Waals surface area contributed by atoms with Gasteiger partial charge in [0.1, 0.15) is 0 Å². The quantitative estimate of drug-likeness (QED) is 0.765. The normalized spacial score (nSPS) is 15.2. The van der Waals surface area contributed by atoms with Crippen LogP contribution in [-0.4, -0.2) is 38.2 Å². The molecule has 1 fully saturated rings. The molecule has 0 bridgehead atoms. The van der Waals surface area contributed by atoms with Crippen molar-refractivity contribution in [3.05, 3.63) is 24.3 Å². The Morgan fingerprint density at radius 2 is 2.04 bits per heavy atom. The molecule has 140 valence electrons. The second kappa shape index (κ2) is 7.94. The lowest BCUT2D eigenvalue weighted by Gasteiger charge is -2.14. The maximum Gasteiger partial charge on any atom is 0.573 e. The second-order valence-electron chi connectivity index (χ2n) is 5.73. The molecule has 1 aromatic heterocycles. The van der Waals surface area contributed by atoms with Gasteiger partial charge in [-0.05, 0) is 35.4 Å². The van der Waals surface area contributed by atoms with Crippen molar-refractivity contribution in [3.63, 3.8) is 0 Å². The van der Waals surface area contributed by atoms with Crippen LogP contribution in [0, 0.1) is 0 Å². The number of alkyl halides is 3. The van der Waals surface area contributed by atoms with Crippen molar-refractivity contribution in [2.45, 2.75) is 43.2 Å². The monoisotopic (exact) mass is 387 g/mol. The SMILES string of the molecule is O=C(CSc1nnnn1C1CCCC1)Nc1ccccc1OC(F)(F)F. The van der Waals surface area contributed by atoms with Crippen molar-refractivity contribution in [1.29, 1.82) is 0 Å². The van der Waals surface area contributed by atoms with Crippen LogP contribution in [0.5, 0.6) is 5.75 Å². The van der Waals surface area contributed by atoms with Gasteiger partial charge in [-0.25, -0.2) is 4.68 Å². The van der Waals surface area contributed by atoms with Crippen molar-refractivity contribution in [1.82, 2.24) is 20.2 Å². The zero-order chi connectivity index (χ0) is 18.6. The number of halogens is 3. The zero-order valence-electron chi connectivity index (χ0n) is 13.6. The van der Waals surface area contributed by atoms with E-state index < -0.39 is 18.0 Å². The molecule has 1 saturated carbocycles. The van der Waals surface area contributed by atoms with E-state index in [-0.39, 0.29) is 17.5 Å². The summed E-state index contributed by atoms with van der Waals surface area (Å²) in [6, 6.07) is 5.60. The maximum absolute atomic E-state index is 12.4. The zero-order valence-corrected chi connectivity index (χ0v) is 14.4. The van der Waals surface area contributed by atoms with Crippen LogP contribution in [-0.2, 0) is 4.79 Å². The van der Waals surface area contributed by atoms with Gasteiger partial charge in [0.15, 0.2) is 5.75 Å². The molecule has 26 heavy (non-hydrogen) atoms. The molecule has 0 aliphatic heterocycles. The van der Waals surface area contributed by atoms with Gasteiger partial charge >= 0.3 is 6.36 Å². The van der Waals surface area contributed by atoms with Gasteiger partial charge in [0.25, 0.3) is 0 Å². The van der Waals surface area contributed by atoms with Crippen molar-refractivity contribution >= 4 is 23.4 Å². The first-order valence-electron chi connectivity index (χ1n) is 7.97. The van der Waals surface area contributed by atoms with Crippen molar-refractivity contribution < 1.29 is 22.7 Å². The number of aromatic nitrogens is 4. The Hall–Kier alpha value is -2.30. The molecule has 0 radical (unpaired) electrons. The Kier molecular flexibility index (Phi) is 5.64. The molecule has 1 aliphatic carbocycles. The highest BCUT2D eigenvalue weighted by molar-refractivity contribution is 7.99. The molecule has 1 amide bonds. The molecule has 0 saturated heterocycles. The van der Waals surface area contributed by atoms with Gasteiger partial charge in [0, 0.05) is 0 Å². The number of nitrogens with zero attached hydrogens (tertiary/aromatic N) is 4. The molecule has 0 unspecified atom stereocenters. The summed E-state index contributed by atoms with van der Waals surface area (Å²) in [6.45, 7) is 0. The summed E-state index contributed by atoms with van der Waals surface area (Å²) in [5.41, 5.74) is -0.0502. The highest BCUT2D eigenvalue weighted by atomic mass is 32.2. The fourth-order valence-electron chi connectivity index (χ4n) is 2.76. The summed E-state index contributed by atoms with van der Waals surface area (Å²) in [5, 5.41) is 14.5. The van der Waals surface area contributed by atoms with Crippen molar-refractivity contribution in [3.8, 4) is 5.75 Å². The molecule has 11 heteroatoms. The molecule has 1 N–H and O–H groups in total. The number of rotatable bonds is 6. The first-order chi connectivity index (χ1) is 12.4. The summed E-state index contributed by atoms with van der Waals surface area (Å²) < 4.78 is 42.9. The third-order valence-corrected chi connectivity index (χ3v) is 4.79. The van der Waals surface area contributed by atoms with Crippen LogP contribution in [0.2, 0.25) is 0 Å². The van der Waals surface area contributed by atoms with Gasteiger partial charge in [-0.15, -0.1) is 18.3 Å². The average molecular weight is 387 g/mol. The van der Waals surface area contributed by atoms with Crippen LogP contribution >= 0.6 is 11.8 Å². The number of carbonyl (C=O) groups is 1. The minimum Gasteiger partial charge on any atom is -0.404 e. The molecule has 3 rings (SSSR count). The van der Waals surface area contributed by atoms with E-state index in [9.17, 15) is 18.0 Å². The van der Waals surface area contributed by atoms with Crippen LogP contribution in [0.15, 0.2) is 29.4 Å². The van der Waals surface area contributed by atoms with E-state index in [1.54, 1.807) is 4.68 Å². The van der Waals surface area contributed by atoms with E-state index in [0.29, 0.717) is 5.16 Å². The Bertz CT molecular complexity index is 762. The molecule has 2 aromatic rings. The standard InChI is InChI=1S/C15H16F3N5O2S/c16-15(17,18)25-12-8-4-3-7-11(12)19-13(24)9-26-14-20-21-22-23(14)10-5-1-2-6-10/h3-4,7-8,10H,1-2,5-6,9H2,(H,19,24). The van der Waals surface area contributed by atoms with Crippen LogP contribution in [0.3, 0.4) is 0 Å². The number of carbonyl (C=O) groups excluding carboxylic acids is 1. The number of nitrogens with one attached hydrogen (secondary N) is 1. The number of tetrazole rings is 1. The van der Waals surface area contributed by atoms with E-state index in [1.807, 2.05) is 0 Å². The second-order valence-corrected chi connectivity index (χ2v) is 6.67.